The van der Waals surface area contributed by atoms with E-state index in [2.05, 4.69) is 9.97 Å². The number of amides is 1. The van der Waals surface area contributed by atoms with Gasteiger partial charge in [-0.05, 0) is 19.1 Å². The Bertz CT molecular complexity index is 1130. The van der Waals surface area contributed by atoms with Crippen molar-refractivity contribution in [1.82, 2.24) is 19.5 Å². The molecule has 1 N–H and O–H groups in total. The number of hydrogen-bond donors (Lipinski definition) is 1. The fraction of sp³-hybridized carbons (Fsp3) is 0.429. The number of hydroxylamine groups is 2. The fourth-order valence-electron chi connectivity index (χ4n) is 4.82. The minimum absolute atomic E-state index is 0.0121. The Morgan fingerprint density at radius 1 is 1.33 bits per heavy atom. The van der Waals surface area contributed by atoms with Crippen LogP contribution in [0.3, 0.4) is 0 Å². The smallest absolute Gasteiger partial charge is 0.320 e. The summed E-state index contributed by atoms with van der Waals surface area (Å²) < 4.78 is 10.2. The summed E-state index contributed by atoms with van der Waals surface area (Å²) in [4.78, 5) is 36.4. The Kier molecular flexibility index (Phi) is 5.66. The topological polar surface area (TPSA) is 105 Å². The Hall–Kier alpha value is -2.50. The van der Waals surface area contributed by atoms with Crippen LogP contribution in [-0.2, 0) is 9.53 Å². The van der Waals surface area contributed by atoms with Crippen LogP contribution >= 0.6 is 23.2 Å². The monoisotopic (exact) mass is 494 g/mol. The van der Waals surface area contributed by atoms with Crippen molar-refractivity contribution in [1.29, 1.82) is 0 Å². The number of halogens is 2. The van der Waals surface area contributed by atoms with Gasteiger partial charge in [-0.25, -0.2) is 20.1 Å². The molecule has 0 spiro atoms. The lowest BCUT2D eigenvalue weighted by atomic mass is 10.2. The van der Waals surface area contributed by atoms with Crippen LogP contribution < -0.4 is 14.3 Å². The minimum Gasteiger partial charge on any atom is -0.475 e. The first-order valence-corrected chi connectivity index (χ1v) is 11.4. The number of esters is 1. The van der Waals surface area contributed by atoms with Crippen LogP contribution in [0, 0.1) is 0 Å². The van der Waals surface area contributed by atoms with Gasteiger partial charge in [0.05, 0.1) is 13.2 Å². The SMILES string of the molecule is CCOC(=O)CN1CCC2C1[N+]2(O)c1ccc(N2CCOc3ncnc(Cl)c3C2=O)cc1Cl. The highest BCUT2D eigenvalue weighted by atomic mass is 35.5. The van der Waals surface area contributed by atoms with Gasteiger partial charge in [0.2, 0.25) is 12.0 Å². The van der Waals surface area contributed by atoms with Gasteiger partial charge in [-0.3, -0.25) is 9.59 Å². The van der Waals surface area contributed by atoms with E-state index in [0.29, 0.717) is 29.5 Å². The normalized spacial score (nSPS) is 26.3. The van der Waals surface area contributed by atoms with E-state index in [-0.39, 0.29) is 59.1 Å². The summed E-state index contributed by atoms with van der Waals surface area (Å²) in [5.41, 5.74) is 1.15. The molecule has 33 heavy (non-hydrogen) atoms. The Labute approximate surface area is 199 Å². The zero-order valence-corrected chi connectivity index (χ0v) is 19.3. The molecule has 2 fully saturated rings. The van der Waals surface area contributed by atoms with E-state index in [1.54, 1.807) is 25.1 Å². The van der Waals surface area contributed by atoms with Crippen molar-refractivity contribution in [3.8, 4) is 5.88 Å². The molecule has 4 heterocycles. The quantitative estimate of drug-likeness (QED) is 0.292. The van der Waals surface area contributed by atoms with Crippen LogP contribution in [0.1, 0.15) is 23.7 Å². The van der Waals surface area contributed by atoms with Crippen LogP contribution in [0.5, 0.6) is 5.88 Å². The summed E-state index contributed by atoms with van der Waals surface area (Å²) in [6, 6.07) is 5.00. The molecule has 3 aliphatic rings. The van der Waals surface area contributed by atoms with Crippen LogP contribution in [0.15, 0.2) is 24.5 Å². The third kappa shape index (κ3) is 3.62. The van der Waals surface area contributed by atoms with Gasteiger partial charge in [0.15, 0.2) is 11.7 Å². The molecule has 1 amide bonds. The number of hydrogen-bond acceptors (Lipinski definition) is 8. The van der Waals surface area contributed by atoms with E-state index >= 15 is 0 Å². The molecule has 0 radical (unpaired) electrons. The van der Waals surface area contributed by atoms with E-state index < -0.39 is 5.91 Å². The molecule has 3 atom stereocenters. The molecule has 2 aromatic rings. The molecule has 2 saturated heterocycles. The van der Waals surface area contributed by atoms with Crippen LogP contribution in [0.4, 0.5) is 11.4 Å². The van der Waals surface area contributed by atoms with Gasteiger partial charge in [0.25, 0.3) is 5.91 Å². The molecule has 174 valence electrons. The number of carbonyl (C=O) groups is 2. The van der Waals surface area contributed by atoms with E-state index in [9.17, 15) is 14.8 Å². The molecule has 3 unspecified atom stereocenters. The average molecular weight is 495 g/mol. The number of likely N-dealkylation sites (tertiary alicyclic amines) is 1. The number of benzene rings is 1. The molecule has 3 aliphatic heterocycles. The van der Waals surface area contributed by atoms with Crippen LogP contribution in [0.25, 0.3) is 0 Å². The number of aromatic nitrogens is 2. The van der Waals surface area contributed by atoms with Gasteiger partial charge in [-0.15, -0.1) is 4.65 Å². The van der Waals surface area contributed by atoms with Crippen molar-refractivity contribution < 1.29 is 24.3 Å². The third-order valence-corrected chi connectivity index (χ3v) is 6.88. The van der Waals surface area contributed by atoms with Crippen molar-refractivity contribution in [3.63, 3.8) is 0 Å². The largest absolute Gasteiger partial charge is 0.475 e. The highest BCUT2D eigenvalue weighted by molar-refractivity contribution is 6.34. The zero-order valence-electron chi connectivity index (χ0n) is 17.8. The number of ether oxygens (including phenoxy) is 2. The summed E-state index contributed by atoms with van der Waals surface area (Å²) in [7, 11) is 0. The first-order chi connectivity index (χ1) is 15.9. The summed E-state index contributed by atoms with van der Waals surface area (Å²) in [5.74, 6) is -0.569. The number of carbonyl (C=O) groups excluding carboxylic acids is 2. The summed E-state index contributed by atoms with van der Waals surface area (Å²) in [6.07, 6.45) is 1.72. The van der Waals surface area contributed by atoms with Crippen LogP contribution in [0.2, 0.25) is 10.2 Å². The van der Waals surface area contributed by atoms with Crippen LogP contribution in [-0.4, -0.2) is 77.0 Å². The molecule has 0 aliphatic carbocycles. The second kappa shape index (κ2) is 8.37. The summed E-state index contributed by atoms with van der Waals surface area (Å²) in [5, 5.41) is 11.7. The fourth-order valence-corrected chi connectivity index (χ4v) is 5.33. The van der Waals surface area contributed by atoms with Gasteiger partial charge >= 0.3 is 5.97 Å². The maximum atomic E-state index is 13.2. The third-order valence-electron chi connectivity index (χ3n) is 6.29. The molecule has 1 aromatic carbocycles. The van der Waals surface area contributed by atoms with Crippen molar-refractivity contribution in [2.45, 2.75) is 25.6 Å². The molecule has 12 heteroatoms. The standard InChI is InChI=1S/C21H22Cl2N5O5/c1-2-32-16(29)10-26-6-5-15-20(26)28(15,31)14-4-3-12(9-13(14)22)27-7-8-33-19-17(21(27)30)18(23)24-11-25-19/h3-4,9,11,15,20,31H,2,5-8,10H2,1H3/q+1. The zero-order chi connectivity index (χ0) is 23.3. The first kappa shape index (κ1) is 22.3. The van der Waals surface area contributed by atoms with Crippen molar-refractivity contribution >= 4 is 46.5 Å². The number of anilines is 1. The average Bonchev–Trinajstić information content (AvgIpc) is 3.20. The Morgan fingerprint density at radius 3 is 2.91 bits per heavy atom. The van der Waals surface area contributed by atoms with Gasteiger partial charge in [-0.2, -0.15) is 0 Å². The van der Waals surface area contributed by atoms with Gasteiger partial charge in [0.1, 0.15) is 35.2 Å². The van der Waals surface area contributed by atoms with Crippen molar-refractivity contribution in [2.24, 2.45) is 0 Å². The first-order valence-electron chi connectivity index (χ1n) is 10.6. The molecule has 0 saturated carbocycles. The summed E-state index contributed by atoms with van der Waals surface area (Å²) in [6.45, 7) is 3.38. The van der Waals surface area contributed by atoms with Gasteiger partial charge in [-0.1, -0.05) is 23.2 Å². The van der Waals surface area contributed by atoms with E-state index in [0.717, 1.165) is 6.42 Å². The Morgan fingerprint density at radius 2 is 2.15 bits per heavy atom. The minimum atomic E-state index is -0.394. The molecule has 0 bridgehead atoms. The number of rotatable bonds is 5. The molecule has 10 nitrogen and oxygen atoms in total. The van der Waals surface area contributed by atoms with E-state index in [1.807, 2.05) is 4.90 Å². The van der Waals surface area contributed by atoms with Gasteiger partial charge in [0, 0.05) is 24.7 Å². The summed E-state index contributed by atoms with van der Waals surface area (Å²) >= 11 is 12.7. The van der Waals surface area contributed by atoms with E-state index in [4.69, 9.17) is 32.7 Å². The van der Waals surface area contributed by atoms with Crippen molar-refractivity contribution in [2.75, 3.05) is 37.7 Å². The maximum Gasteiger partial charge on any atom is 0.320 e. The number of nitrogens with zero attached hydrogens (tertiary/aromatic N) is 5. The van der Waals surface area contributed by atoms with Gasteiger partial charge < -0.3 is 14.4 Å². The highest BCUT2D eigenvalue weighted by Gasteiger charge is 2.75. The predicted molar refractivity (Wildman–Crippen MR) is 120 cm³/mol. The maximum absolute atomic E-state index is 13.2. The predicted octanol–water partition coefficient (Wildman–Crippen LogP) is 2.50. The lowest BCUT2D eigenvalue weighted by Gasteiger charge is -2.24. The van der Waals surface area contributed by atoms with E-state index in [1.165, 1.54) is 11.2 Å². The molecular weight excluding hydrogens is 473 g/mol. The number of quaternary nitrogens is 1. The lowest BCUT2D eigenvalue weighted by molar-refractivity contribution is -0.145. The molecule has 5 rings (SSSR count). The molecular formula is C21H22Cl2N5O5+. The second-order valence-corrected chi connectivity index (χ2v) is 8.83. The van der Waals surface area contributed by atoms with Crippen molar-refractivity contribution in [3.05, 3.63) is 40.3 Å². The lowest BCUT2D eigenvalue weighted by Crippen LogP contribution is -2.41. The highest BCUT2D eigenvalue weighted by Crippen LogP contribution is 2.53. The Balaban J connectivity index is 1.39. The number of fused-ring (bicyclic) bond motifs is 2. The second-order valence-electron chi connectivity index (χ2n) is 8.07. The molecule has 1 aromatic heterocycles.